The lowest BCUT2D eigenvalue weighted by Gasteiger charge is -2.37. The molecule has 2 aliphatic rings. The fourth-order valence-electron chi connectivity index (χ4n) is 4.36. The van der Waals surface area contributed by atoms with Crippen LogP contribution in [-0.2, 0) is 11.3 Å². The highest BCUT2D eigenvalue weighted by molar-refractivity contribution is 5.91. The molecule has 1 aromatic heterocycles. The van der Waals surface area contributed by atoms with Crippen molar-refractivity contribution in [3.63, 3.8) is 0 Å². The maximum Gasteiger partial charge on any atom is 0.289 e. The standard InChI is InChI=1S/C23H30N2O3/c1-18-8-10-19(11-9-18)15-24-12-14-27-21(16-24)17-25(20-5-2-3-6-20)23(26)22-7-4-13-28-22/h4,7-11,13,20-21H,2-3,5-6,12,14-17H2,1H3/t21-/m0/s1. The lowest BCUT2D eigenvalue weighted by molar-refractivity contribution is -0.0471. The number of benzene rings is 1. The minimum Gasteiger partial charge on any atom is -0.459 e. The molecule has 28 heavy (non-hydrogen) atoms. The molecule has 5 nitrogen and oxygen atoms in total. The molecule has 1 aromatic carbocycles. The number of rotatable bonds is 6. The topological polar surface area (TPSA) is 45.9 Å². The maximum absolute atomic E-state index is 13.0. The monoisotopic (exact) mass is 382 g/mol. The average Bonchev–Trinajstić information content (AvgIpc) is 3.42. The summed E-state index contributed by atoms with van der Waals surface area (Å²) in [5.41, 5.74) is 2.61. The van der Waals surface area contributed by atoms with Crippen molar-refractivity contribution in [1.82, 2.24) is 9.80 Å². The number of nitrogens with zero attached hydrogens (tertiary/aromatic N) is 2. The molecule has 1 atom stereocenters. The smallest absolute Gasteiger partial charge is 0.289 e. The molecule has 4 rings (SSSR count). The van der Waals surface area contributed by atoms with E-state index in [0.29, 0.717) is 25.0 Å². The third kappa shape index (κ3) is 4.65. The number of carbonyl (C=O) groups excluding carboxylic acids is 1. The number of carbonyl (C=O) groups is 1. The second kappa shape index (κ2) is 8.93. The first-order chi connectivity index (χ1) is 13.7. The van der Waals surface area contributed by atoms with E-state index in [0.717, 1.165) is 32.5 Å². The highest BCUT2D eigenvalue weighted by Crippen LogP contribution is 2.26. The molecule has 0 radical (unpaired) electrons. The Hall–Kier alpha value is -2.11. The van der Waals surface area contributed by atoms with E-state index in [4.69, 9.17) is 9.15 Å². The number of furan rings is 1. The van der Waals surface area contributed by atoms with Crippen molar-refractivity contribution in [3.05, 3.63) is 59.5 Å². The van der Waals surface area contributed by atoms with Crippen LogP contribution in [0.4, 0.5) is 0 Å². The number of aryl methyl sites for hydroxylation is 1. The number of hydrogen-bond acceptors (Lipinski definition) is 4. The summed E-state index contributed by atoms with van der Waals surface area (Å²) in [5.74, 6) is 0.426. The van der Waals surface area contributed by atoms with Gasteiger partial charge in [-0.1, -0.05) is 42.7 Å². The third-order valence-electron chi connectivity index (χ3n) is 5.91. The minimum absolute atomic E-state index is 0.00356. The molecule has 1 amide bonds. The molecule has 0 spiro atoms. The summed E-state index contributed by atoms with van der Waals surface area (Å²) >= 11 is 0. The Morgan fingerprint density at radius 1 is 1.18 bits per heavy atom. The molecule has 2 fully saturated rings. The second-order valence-electron chi connectivity index (χ2n) is 8.09. The van der Waals surface area contributed by atoms with Gasteiger partial charge < -0.3 is 14.1 Å². The van der Waals surface area contributed by atoms with Crippen molar-refractivity contribution < 1.29 is 13.9 Å². The predicted octanol–water partition coefficient (Wildman–Crippen LogP) is 3.87. The van der Waals surface area contributed by atoms with Gasteiger partial charge in [0.2, 0.25) is 0 Å². The Morgan fingerprint density at radius 2 is 1.96 bits per heavy atom. The summed E-state index contributed by atoms with van der Waals surface area (Å²) < 4.78 is 11.4. The van der Waals surface area contributed by atoms with Crippen molar-refractivity contribution in [3.8, 4) is 0 Å². The molecule has 1 aliphatic heterocycles. The van der Waals surface area contributed by atoms with Gasteiger partial charge in [-0.15, -0.1) is 0 Å². The summed E-state index contributed by atoms with van der Waals surface area (Å²) in [6.45, 7) is 6.17. The van der Waals surface area contributed by atoms with Gasteiger partial charge in [-0.3, -0.25) is 9.69 Å². The number of amides is 1. The van der Waals surface area contributed by atoms with Crippen LogP contribution < -0.4 is 0 Å². The lowest BCUT2D eigenvalue weighted by Crippen LogP contribution is -2.50. The van der Waals surface area contributed by atoms with Gasteiger partial charge in [-0.05, 0) is 37.5 Å². The van der Waals surface area contributed by atoms with Crippen molar-refractivity contribution in [2.24, 2.45) is 0 Å². The summed E-state index contributed by atoms with van der Waals surface area (Å²) in [6, 6.07) is 12.6. The highest BCUT2D eigenvalue weighted by atomic mass is 16.5. The van der Waals surface area contributed by atoms with E-state index < -0.39 is 0 Å². The first kappa shape index (κ1) is 19.2. The van der Waals surface area contributed by atoms with Crippen LogP contribution in [0.1, 0.15) is 47.4 Å². The normalized spacial score (nSPS) is 21.1. The van der Waals surface area contributed by atoms with E-state index in [1.54, 1.807) is 18.4 Å². The third-order valence-corrected chi connectivity index (χ3v) is 5.91. The fourth-order valence-corrected chi connectivity index (χ4v) is 4.36. The van der Waals surface area contributed by atoms with Gasteiger partial charge >= 0.3 is 0 Å². The Morgan fingerprint density at radius 3 is 2.68 bits per heavy atom. The molecule has 0 bridgehead atoms. The van der Waals surface area contributed by atoms with Crippen LogP contribution in [0.15, 0.2) is 47.1 Å². The van der Waals surface area contributed by atoms with Gasteiger partial charge in [0.05, 0.1) is 19.0 Å². The molecular formula is C23H30N2O3. The molecule has 5 heteroatoms. The van der Waals surface area contributed by atoms with E-state index in [1.807, 2.05) is 4.90 Å². The van der Waals surface area contributed by atoms with E-state index in [-0.39, 0.29) is 12.0 Å². The molecule has 0 N–H and O–H groups in total. The summed E-state index contributed by atoms with van der Waals surface area (Å²) in [5, 5.41) is 0. The first-order valence-electron chi connectivity index (χ1n) is 10.4. The summed E-state index contributed by atoms with van der Waals surface area (Å²) in [7, 11) is 0. The van der Waals surface area contributed by atoms with Crippen LogP contribution in [0.25, 0.3) is 0 Å². The zero-order valence-corrected chi connectivity index (χ0v) is 16.7. The zero-order valence-electron chi connectivity index (χ0n) is 16.7. The zero-order chi connectivity index (χ0) is 19.3. The van der Waals surface area contributed by atoms with E-state index >= 15 is 0 Å². The van der Waals surface area contributed by atoms with Gasteiger partial charge in [0.25, 0.3) is 5.91 Å². The van der Waals surface area contributed by atoms with Crippen LogP contribution in [0, 0.1) is 6.92 Å². The number of ether oxygens (including phenoxy) is 1. The first-order valence-corrected chi connectivity index (χ1v) is 10.4. The van der Waals surface area contributed by atoms with Crippen LogP contribution in [0.2, 0.25) is 0 Å². The fraction of sp³-hybridized carbons (Fsp3) is 0.522. The SMILES string of the molecule is Cc1ccc(CN2CCO[C@H](CN(C(=O)c3ccco3)C3CCCC3)C2)cc1. The second-order valence-corrected chi connectivity index (χ2v) is 8.09. The van der Waals surface area contributed by atoms with Crippen LogP contribution >= 0.6 is 0 Å². The number of hydrogen-bond donors (Lipinski definition) is 0. The van der Waals surface area contributed by atoms with Gasteiger partial charge in [0, 0.05) is 32.2 Å². The van der Waals surface area contributed by atoms with Gasteiger partial charge in [-0.2, -0.15) is 0 Å². The molecule has 1 aliphatic carbocycles. The molecule has 2 heterocycles. The van der Waals surface area contributed by atoms with Crippen LogP contribution in [0.3, 0.4) is 0 Å². The summed E-state index contributed by atoms with van der Waals surface area (Å²) in [4.78, 5) is 17.5. The predicted molar refractivity (Wildman–Crippen MR) is 108 cm³/mol. The van der Waals surface area contributed by atoms with E-state index in [9.17, 15) is 4.79 Å². The Bertz CT molecular complexity index is 751. The van der Waals surface area contributed by atoms with Crippen molar-refractivity contribution >= 4 is 5.91 Å². The minimum atomic E-state index is -0.00356. The van der Waals surface area contributed by atoms with Gasteiger partial charge in [-0.25, -0.2) is 0 Å². The largest absolute Gasteiger partial charge is 0.459 e. The maximum atomic E-state index is 13.0. The molecule has 2 aromatic rings. The van der Waals surface area contributed by atoms with Crippen molar-refractivity contribution in [2.75, 3.05) is 26.2 Å². The molecule has 1 saturated carbocycles. The van der Waals surface area contributed by atoms with Crippen LogP contribution in [-0.4, -0.2) is 54.1 Å². The van der Waals surface area contributed by atoms with E-state index in [2.05, 4.69) is 36.1 Å². The summed E-state index contributed by atoms with van der Waals surface area (Å²) in [6.07, 6.45) is 6.15. The lowest BCUT2D eigenvalue weighted by atomic mass is 10.1. The number of morpholine rings is 1. The van der Waals surface area contributed by atoms with Crippen molar-refractivity contribution in [1.29, 1.82) is 0 Å². The van der Waals surface area contributed by atoms with E-state index in [1.165, 1.54) is 24.0 Å². The highest BCUT2D eigenvalue weighted by Gasteiger charge is 2.32. The van der Waals surface area contributed by atoms with Gasteiger partial charge in [0.1, 0.15) is 0 Å². The molecule has 150 valence electrons. The molecule has 1 saturated heterocycles. The molecular weight excluding hydrogens is 352 g/mol. The Kier molecular flexibility index (Phi) is 6.13. The Labute approximate surface area is 167 Å². The van der Waals surface area contributed by atoms with Crippen molar-refractivity contribution in [2.45, 2.75) is 51.3 Å². The molecule has 0 unspecified atom stereocenters. The van der Waals surface area contributed by atoms with Gasteiger partial charge in [0.15, 0.2) is 5.76 Å². The Balaban J connectivity index is 1.41. The van der Waals surface area contributed by atoms with Crippen LogP contribution in [0.5, 0.6) is 0 Å². The average molecular weight is 383 g/mol. The quantitative estimate of drug-likeness (QED) is 0.761.